The Kier molecular flexibility index (Phi) is 13.8. The third-order valence-corrected chi connectivity index (χ3v) is 0.777. The summed E-state index contributed by atoms with van der Waals surface area (Å²) in [4.78, 5) is 14.7. The van der Waals surface area contributed by atoms with E-state index in [4.69, 9.17) is 0 Å². The third kappa shape index (κ3) is 32.3. The topological polar surface area (TPSA) is 50.3 Å². The van der Waals surface area contributed by atoms with E-state index in [0.29, 0.717) is 0 Å². The zero-order valence-electron chi connectivity index (χ0n) is 9.58. The van der Waals surface area contributed by atoms with Crippen LogP contribution in [-0.4, -0.2) is 47.1 Å². The fraction of sp³-hybridized carbons (Fsp3) is 0.400. The molecule has 1 rings (SSSR count). The van der Waals surface area contributed by atoms with Crippen LogP contribution in [0.1, 0.15) is 0 Å². The van der Waals surface area contributed by atoms with Crippen LogP contribution in [0.3, 0.4) is 0 Å². The van der Waals surface area contributed by atoms with Gasteiger partial charge in [0.15, 0.2) is 0 Å². The quantitative estimate of drug-likeness (QED) is 0.670. The molecule has 1 amide bonds. The summed E-state index contributed by atoms with van der Waals surface area (Å²) in [5.74, 6) is 0. The van der Waals surface area contributed by atoms with E-state index in [1.807, 2.05) is 18.2 Å². The highest BCUT2D eigenvalue weighted by Crippen LogP contribution is 1.73. The molecule has 0 unspecified atom stereocenters. The van der Waals surface area contributed by atoms with Crippen LogP contribution in [0.5, 0.6) is 0 Å². The van der Waals surface area contributed by atoms with Gasteiger partial charge in [0, 0.05) is 49.8 Å². The van der Waals surface area contributed by atoms with Gasteiger partial charge in [0.2, 0.25) is 6.41 Å². The predicted molar refractivity (Wildman–Crippen MR) is 64.0 cm³/mol. The molecule has 5 heteroatoms. The number of hydrogen-bond donors (Lipinski definition) is 0. The number of hydrogen-bond acceptors (Lipinski definition) is 3. The first-order valence-electron chi connectivity index (χ1n) is 4.22. The van der Waals surface area contributed by atoms with E-state index >= 15 is 0 Å². The van der Waals surface area contributed by atoms with Gasteiger partial charge in [0.25, 0.3) is 0 Å². The number of pyridine rings is 1. The Morgan fingerprint density at radius 3 is 1.53 bits per heavy atom. The average Bonchev–Trinajstić information content (AvgIpc) is 2.20. The second-order valence-corrected chi connectivity index (χ2v) is 4.32. The normalized spacial score (nSPS) is 7.80. The minimum Gasteiger partial charge on any atom is -0.351 e. The van der Waals surface area contributed by atoms with Gasteiger partial charge >= 0.3 is 0 Å². The highest BCUT2D eigenvalue weighted by atomic mass is 32.2. The van der Waals surface area contributed by atoms with Crippen molar-refractivity contribution in [3.8, 4) is 0 Å². The predicted octanol–water partition coefficient (Wildman–Crippen LogP) is 0.781. The first-order valence-corrected chi connectivity index (χ1v) is 6.19. The summed E-state index contributed by atoms with van der Waals surface area (Å²) in [6, 6.07) is 5.72. The maximum Gasteiger partial charge on any atom is 0.209 e. The smallest absolute Gasteiger partial charge is 0.209 e. The Balaban J connectivity index is 0. The van der Waals surface area contributed by atoms with Gasteiger partial charge < -0.3 is 4.90 Å². The van der Waals surface area contributed by atoms with E-state index < -0.39 is 10.8 Å². The summed E-state index contributed by atoms with van der Waals surface area (Å²) in [5, 5.41) is 0. The van der Waals surface area contributed by atoms with Crippen molar-refractivity contribution < 1.29 is 9.00 Å². The summed E-state index contributed by atoms with van der Waals surface area (Å²) in [7, 11) is 2.76. The van der Waals surface area contributed by atoms with E-state index in [9.17, 15) is 9.00 Å². The van der Waals surface area contributed by atoms with Crippen LogP contribution >= 0.6 is 0 Å². The van der Waals surface area contributed by atoms with Crippen LogP contribution in [0.15, 0.2) is 30.6 Å². The molecule has 0 bridgehead atoms. The largest absolute Gasteiger partial charge is 0.351 e. The molecular weight excluding hydrogens is 212 g/mol. The number of rotatable bonds is 1. The molecule has 86 valence electrons. The van der Waals surface area contributed by atoms with Crippen molar-refractivity contribution in [2.45, 2.75) is 0 Å². The first-order chi connectivity index (χ1) is 7.00. The molecule has 0 N–H and O–H groups in total. The van der Waals surface area contributed by atoms with Crippen molar-refractivity contribution in [1.29, 1.82) is 0 Å². The number of nitrogens with zero attached hydrogens (tertiary/aromatic N) is 2. The standard InChI is InChI=1S/C5H5N.C3H7NO.C2H6OS/c1-2-4-6-5-3-1;1-4(2)3-5;1-4(2)3/h1-5H;3H,1-2H3;1-2H3. The lowest BCUT2D eigenvalue weighted by molar-refractivity contribution is -0.115. The summed E-state index contributed by atoms with van der Waals surface area (Å²) in [6.45, 7) is 0. The summed E-state index contributed by atoms with van der Waals surface area (Å²) in [6.07, 6.45) is 7.53. The fourth-order valence-corrected chi connectivity index (χ4v) is 0.313. The highest BCUT2D eigenvalue weighted by Gasteiger charge is 1.68. The van der Waals surface area contributed by atoms with E-state index in [1.54, 1.807) is 39.0 Å². The monoisotopic (exact) mass is 230 g/mol. The van der Waals surface area contributed by atoms with E-state index in [2.05, 4.69) is 4.98 Å². The lowest BCUT2D eigenvalue weighted by Gasteiger charge is -1.93. The van der Waals surface area contributed by atoms with Crippen molar-refractivity contribution in [3.05, 3.63) is 30.6 Å². The number of carbonyl (C=O) groups excluding carboxylic acids is 1. The zero-order chi connectivity index (χ0) is 12.1. The van der Waals surface area contributed by atoms with Crippen LogP contribution in [-0.2, 0) is 15.6 Å². The van der Waals surface area contributed by atoms with E-state index in [-0.39, 0.29) is 0 Å². The van der Waals surface area contributed by atoms with E-state index in [0.717, 1.165) is 6.41 Å². The average molecular weight is 230 g/mol. The summed E-state index contributed by atoms with van der Waals surface area (Å²) >= 11 is 0. The molecule has 0 aromatic carbocycles. The van der Waals surface area contributed by atoms with Crippen molar-refractivity contribution in [3.63, 3.8) is 0 Å². The van der Waals surface area contributed by atoms with Crippen LogP contribution in [0.25, 0.3) is 0 Å². The van der Waals surface area contributed by atoms with Gasteiger partial charge in [-0.25, -0.2) is 0 Å². The molecule has 0 saturated heterocycles. The molecular formula is C10H18N2O2S. The highest BCUT2D eigenvalue weighted by molar-refractivity contribution is 7.83. The Morgan fingerprint density at radius 1 is 1.13 bits per heavy atom. The van der Waals surface area contributed by atoms with Gasteiger partial charge in [0.05, 0.1) is 0 Å². The lowest BCUT2D eigenvalue weighted by Crippen LogP contribution is -2.06. The molecule has 0 saturated carbocycles. The molecule has 0 aliphatic rings. The van der Waals surface area contributed by atoms with Crippen LogP contribution < -0.4 is 0 Å². The molecule has 1 aromatic rings. The molecule has 1 heterocycles. The van der Waals surface area contributed by atoms with Crippen LogP contribution in [0, 0.1) is 0 Å². The Morgan fingerprint density at radius 2 is 1.47 bits per heavy atom. The molecule has 0 radical (unpaired) electrons. The van der Waals surface area contributed by atoms with Gasteiger partial charge in [-0.05, 0) is 12.1 Å². The number of aromatic nitrogens is 1. The summed E-state index contributed by atoms with van der Waals surface area (Å²) in [5.41, 5.74) is 0. The molecule has 0 atom stereocenters. The Hall–Kier alpha value is -1.23. The Labute approximate surface area is 93.8 Å². The van der Waals surface area contributed by atoms with Crippen LogP contribution in [0.4, 0.5) is 0 Å². The fourth-order valence-electron chi connectivity index (χ4n) is 0.313. The van der Waals surface area contributed by atoms with Crippen molar-refractivity contribution in [2.75, 3.05) is 26.6 Å². The molecule has 0 fully saturated rings. The first kappa shape index (κ1) is 16.2. The maximum absolute atomic E-state index is 9.56. The third-order valence-electron chi connectivity index (χ3n) is 0.777. The number of amides is 1. The molecule has 0 aliphatic carbocycles. The van der Waals surface area contributed by atoms with Gasteiger partial charge in [-0.3, -0.25) is 14.0 Å². The summed E-state index contributed by atoms with van der Waals surface area (Å²) < 4.78 is 9.56. The van der Waals surface area contributed by atoms with Crippen molar-refractivity contribution in [1.82, 2.24) is 9.88 Å². The second kappa shape index (κ2) is 12.8. The lowest BCUT2D eigenvalue weighted by atomic mass is 10.5. The van der Waals surface area contributed by atoms with Crippen molar-refractivity contribution >= 4 is 17.2 Å². The van der Waals surface area contributed by atoms with Gasteiger partial charge in [0.1, 0.15) is 0 Å². The van der Waals surface area contributed by atoms with Gasteiger partial charge in [-0.15, -0.1) is 0 Å². The van der Waals surface area contributed by atoms with Crippen molar-refractivity contribution in [2.24, 2.45) is 0 Å². The molecule has 1 aromatic heterocycles. The van der Waals surface area contributed by atoms with Crippen LogP contribution in [0.2, 0.25) is 0 Å². The molecule has 4 nitrogen and oxygen atoms in total. The minimum atomic E-state index is -0.611. The molecule has 0 aliphatic heterocycles. The van der Waals surface area contributed by atoms with Gasteiger partial charge in [-0.1, -0.05) is 6.07 Å². The minimum absolute atomic E-state index is 0.611. The SMILES string of the molecule is CN(C)C=O.CS(C)=O.c1ccncc1. The Bertz CT molecular complexity index is 222. The molecule has 15 heavy (non-hydrogen) atoms. The second-order valence-electron chi connectivity index (χ2n) is 2.84. The number of carbonyl (C=O) groups is 1. The zero-order valence-corrected chi connectivity index (χ0v) is 10.4. The van der Waals surface area contributed by atoms with Gasteiger partial charge in [-0.2, -0.15) is 0 Å². The molecule has 0 spiro atoms. The van der Waals surface area contributed by atoms with E-state index in [1.165, 1.54) is 4.90 Å². The maximum atomic E-state index is 9.56.